The predicted molar refractivity (Wildman–Crippen MR) is 69.0 cm³/mol. The van der Waals surface area contributed by atoms with E-state index in [4.69, 9.17) is 0 Å². The van der Waals surface area contributed by atoms with Gasteiger partial charge in [-0.15, -0.1) is 11.3 Å². The van der Waals surface area contributed by atoms with E-state index in [9.17, 15) is 0 Å². The summed E-state index contributed by atoms with van der Waals surface area (Å²) in [7, 11) is 1.90. The van der Waals surface area contributed by atoms with Gasteiger partial charge in [0.05, 0.1) is 10.6 Å². The molecule has 1 N–H and O–H groups in total. The smallest absolute Gasteiger partial charge is 0.133 e. The van der Waals surface area contributed by atoms with Gasteiger partial charge in [0, 0.05) is 12.6 Å². The van der Waals surface area contributed by atoms with Crippen LogP contribution in [0.15, 0.2) is 23.8 Å². The largest absolute Gasteiger partial charge is 0.373 e. The van der Waals surface area contributed by atoms with E-state index in [1.165, 1.54) is 10.4 Å². The monoisotopic (exact) mass is 233 g/mol. The van der Waals surface area contributed by atoms with E-state index in [1.807, 2.05) is 13.1 Å². The molecule has 0 saturated carbocycles. The van der Waals surface area contributed by atoms with Crippen LogP contribution in [0.3, 0.4) is 0 Å². The summed E-state index contributed by atoms with van der Waals surface area (Å²) >= 11 is 1.71. The van der Waals surface area contributed by atoms with Crippen molar-refractivity contribution in [1.29, 1.82) is 0 Å². The maximum atomic E-state index is 4.41. The summed E-state index contributed by atoms with van der Waals surface area (Å²) in [6, 6.07) is 4.14. The van der Waals surface area contributed by atoms with Gasteiger partial charge in [0.1, 0.15) is 12.1 Å². The number of rotatable bonds is 3. The van der Waals surface area contributed by atoms with Crippen LogP contribution in [0.1, 0.15) is 25.3 Å². The number of thiophene rings is 1. The van der Waals surface area contributed by atoms with Gasteiger partial charge in [-0.2, -0.15) is 0 Å². The van der Waals surface area contributed by atoms with Crippen LogP contribution in [0.25, 0.3) is 10.6 Å². The Morgan fingerprint density at radius 3 is 2.69 bits per heavy atom. The Morgan fingerprint density at radius 1 is 1.31 bits per heavy atom. The molecular formula is C12H15N3S. The van der Waals surface area contributed by atoms with E-state index >= 15 is 0 Å². The Hall–Kier alpha value is -1.42. The Morgan fingerprint density at radius 2 is 2.12 bits per heavy atom. The summed E-state index contributed by atoms with van der Waals surface area (Å²) in [6.45, 7) is 4.33. The van der Waals surface area contributed by atoms with Crippen LogP contribution >= 0.6 is 11.3 Å². The minimum Gasteiger partial charge on any atom is -0.373 e. The standard InChI is InChI=1S/C12H15N3S/c1-8(2)10-11(9-5-4-6-16-9)14-7-15-12(10)13-3/h4-8H,1-3H3,(H,13,14,15). The molecule has 2 rings (SSSR count). The lowest BCUT2D eigenvalue weighted by atomic mass is 10.0. The van der Waals surface area contributed by atoms with Gasteiger partial charge in [-0.25, -0.2) is 9.97 Å². The van der Waals surface area contributed by atoms with E-state index < -0.39 is 0 Å². The summed E-state index contributed by atoms with van der Waals surface area (Å²) in [4.78, 5) is 9.88. The van der Waals surface area contributed by atoms with Crippen molar-refractivity contribution in [2.45, 2.75) is 19.8 Å². The predicted octanol–water partition coefficient (Wildman–Crippen LogP) is 3.37. The fraction of sp³-hybridized carbons (Fsp3) is 0.333. The Bertz CT molecular complexity index is 463. The number of nitrogens with zero attached hydrogens (tertiary/aromatic N) is 2. The molecule has 0 spiro atoms. The first-order valence-corrected chi connectivity index (χ1v) is 6.18. The van der Waals surface area contributed by atoms with Gasteiger partial charge in [-0.05, 0) is 17.4 Å². The second-order valence-corrected chi connectivity index (χ2v) is 4.81. The molecule has 84 valence electrons. The lowest BCUT2D eigenvalue weighted by molar-refractivity contribution is 0.853. The maximum Gasteiger partial charge on any atom is 0.133 e. The van der Waals surface area contributed by atoms with E-state index in [1.54, 1.807) is 17.7 Å². The maximum absolute atomic E-state index is 4.41. The van der Waals surface area contributed by atoms with Crippen molar-refractivity contribution < 1.29 is 0 Å². The molecule has 3 nitrogen and oxygen atoms in total. The van der Waals surface area contributed by atoms with Crippen molar-refractivity contribution in [2.24, 2.45) is 0 Å². The van der Waals surface area contributed by atoms with Gasteiger partial charge < -0.3 is 5.32 Å². The van der Waals surface area contributed by atoms with E-state index in [0.29, 0.717) is 5.92 Å². The van der Waals surface area contributed by atoms with Crippen molar-refractivity contribution in [3.05, 3.63) is 29.4 Å². The quantitative estimate of drug-likeness (QED) is 0.883. The molecule has 0 atom stereocenters. The molecule has 0 aromatic carbocycles. The minimum atomic E-state index is 0.403. The van der Waals surface area contributed by atoms with Crippen molar-refractivity contribution in [3.63, 3.8) is 0 Å². The van der Waals surface area contributed by atoms with Crippen LogP contribution in [0.5, 0.6) is 0 Å². The molecule has 0 radical (unpaired) electrons. The minimum absolute atomic E-state index is 0.403. The number of nitrogens with one attached hydrogen (secondary N) is 1. The molecule has 4 heteroatoms. The van der Waals surface area contributed by atoms with Gasteiger partial charge in [-0.3, -0.25) is 0 Å². The summed E-state index contributed by atoms with van der Waals surface area (Å²) in [5.74, 6) is 1.33. The molecule has 0 aliphatic rings. The van der Waals surface area contributed by atoms with Crippen molar-refractivity contribution in [3.8, 4) is 10.6 Å². The first kappa shape index (κ1) is 11.1. The summed E-state index contributed by atoms with van der Waals surface area (Å²) in [5, 5.41) is 5.20. The lowest BCUT2D eigenvalue weighted by Crippen LogP contribution is -2.03. The molecule has 0 amide bonds. The summed E-state index contributed by atoms with van der Waals surface area (Å²) < 4.78 is 0. The molecule has 0 bridgehead atoms. The number of hydrogen-bond acceptors (Lipinski definition) is 4. The highest BCUT2D eigenvalue weighted by molar-refractivity contribution is 7.13. The zero-order chi connectivity index (χ0) is 11.5. The second-order valence-electron chi connectivity index (χ2n) is 3.87. The van der Waals surface area contributed by atoms with Crippen LogP contribution in [0.4, 0.5) is 5.82 Å². The van der Waals surface area contributed by atoms with Crippen LogP contribution in [0, 0.1) is 0 Å². The normalized spacial score (nSPS) is 10.8. The molecule has 16 heavy (non-hydrogen) atoms. The molecule has 0 aliphatic heterocycles. The zero-order valence-corrected chi connectivity index (χ0v) is 10.5. The van der Waals surface area contributed by atoms with Gasteiger partial charge in [0.2, 0.25) is 0 Å². The fourth-order valence-electron chi connectivity index (χ4n) is 1.75. The first-order chi connectivity index (χ1) is 7.74. The highest BCUT2D eigenvalue weighted by Gasteiger charge is 2.15. The van der Waals surface area contributed by atoms with E-state index in [-0.39, 0.29) is 0 Å². The third kappa shape index (κ3) is 1.93. The number of hydrogen-bond donors (Lipinski definition) is 1. The third-order valence-corrected chi connectivity index (χ3v) is 3.33. The van der Waals surface area contributed by atoms with Crippen LogP contribution in [-0.2, 0) is 0 Å². The highest BCUT2D eigenvalue weighted by Crippen LogP contribution is 2.33. The molecule has 2 heterocycles. The van der Waals surface area contributed by atoms with Gasteiger partial charge in [0.25, 0.3) is 0 Å². The Labute approximate surface area is 99.6 Å². The summed E-state index contributed by atoms with van der Waals surface area (Å²) in [6.07, 6.45) is 1.62. The van der Waals surface area contributed by atoms with Gasteiger partial charge >= 0.3 is 0 Å². The molecule has 2 aromatic heterocycles. The molecule has 0 fully saturated rings. The topological polar surface area (TPSA) is 37.8 Å². The molecule has 2 aromatic rings. The van der Waals surface area contributed by atoms with Crippen LogP contribution < -0.4 is 5.32 Å². The first-order valence-electron chi connectivity index (χ1n) is 5.30. The van der Waals surface area contributed by atoms with Crippen molar-refractivity contribution in [2.75, 3.05) is 12.4 Å². The van der Waals surface area contributed by atoms with Gasteiger partial charge in [0.15, 0.2) is 0 Å². The third-order valence-electron chi connectivity index (χ3n) is 2.45. The average molecular weight is 233 g/mol. The Kier molecular flexibility index (Phi) is 3.19. The van der Waals surface area contributed by atoms with Crippen LogP contribution in [0.2, 0.25) is 0 Å². The van der Waals surface area contributed by atoms with E-state index in [2.05, 4.69) is 40.6 Å². The highest BCUT2D eigenvalue weighted by atomic mass is 32.1. The fourth-order valence-corrected chi connectivity index (χ4v) is 2.49. The number of aromatic nitrogens is 2. The average Bonchev–Trinajstić information content (AvgIpc) is 2.81. The van der Waals surface area contributed by atoms with Crippen LogP contribution in [-0.4, -0.2) is 17.0 Å². The van der Waals surface area contributed by atoms with Gasteiger partial charge in [-0.1, -0.05) is 19.9 Å². The van der Waals surface area contributed by atoms with E-state index in [0.717, 1.165) is 11.5 Å². The summed E-state index contributed by atoms with van der Waals surface area (Å²) in [5.41, 5.74) is 2.23. The molecule has 0 aliphatic carbocycles. The number of anilines is 1. The Balaban J connectivity index is 2.61. The zero-order valence-electron chi connectivity index (χ0n) is 9.69. The molecule has 0 saturated heterocycles. The SMILES string of the molecule is CNc1ncnc(-c2cccs2)c1C(C)C. The molecule has 0 unspecified atom stereocenters. The molecular weight excluding hydrogens is 218 g/mol. The van der Waals surface area contributed by atoms with Crippen molar-refractivity contribution in [1.82, 2.24) is 9.97 Å². The lowest BCUT2D eigenvalue weighted by Gasteiger charge is -2.14. The second kappa shape index (κ2) is 4.61. The van der Waals surface area contributed by atoms with Crippen molar-refractivity contribution >= 4 is 17.2 Å².